The molecule has 11 heteroatoms. The van der Waals surface area contributed by atoms with E-state index in [-0.39, 0.29) is 19.3 Å². The Hall–Kier alpha value is -3.24. The topological polar surface area (TPSA) is 124 Å². The molecule has 0 aromatic heterocycles. The van der Waals surface area contributed by atoms with Gasteiger partial charge in [0.2, 0.25) is 11.6 Å². The number of Topliss-reactive ketones (excluding diaryl/α,β-unsaturated/α-hetero) is 2. The summed E-state index contributed by atoms with van der Waals surface area (Å²) < 4.78 is 48.5. The molecule has 160 valence electrons. The van der Waals surface area contributed by atoms with Crippen LogP contribution in [0.15, 0.2) is 6.07 Å². The fraction of sp³-hybridized carbons (Fsp3) is 0.389. The van der Waals surface area contributed by atoms with E-state index in [1.165, 1.54) is 6.92 Å². The van der Waals surface area contributed by atoms with Crippen LogP contribution in [-0.4, -0.2) is 47.8 Å². The summed E-state index contributed by atoms with van der Waals surface area (Å²) in [5, 5.41) is 8.01. The number of rotatable bonds is 8. The van der Waals surface area contributed by atoms with Crippen LogP contribution < -0.4 is 0 Å². The maximum atomic E-state index is 13.5. The second-order valence-corrected chi connectivity index (χ2v) is 5.26. The maximum Gasteiger partial charge on any atom is 0.317 e. The van der Waals surface area contributed by atoms with Crippen molar-refractivity contribution >= 4 is 29.5 Å². The number of benzene rings is 1. The molecule has 0 unspecified atom stereocenters. The zero-order valence-corrected chi connectivity index (χ0v) is 15.8. The fourth-order valence-corrected chi connectivity index (χ4v) is 1.89. The number of hydrogen-bond donors (Lipinski definition) is 1. The Balaban J connectivity index is 0.000000734. The summed E-state index contributed by atoms with van der Waals surface area (Å²) in [5.74, 6) is -9.69. The number of aliphatic carboxylic acids is 1. The van der Waals surface area contributed by atoms with Crippen molar-refractivity contribution in [3.8, 4) is 0 Å². The summed E-state index contributed by atoms with van der Waals surface area (Å²) in [4.78, 5) is 54.3. The minimum atomic E-state index is -1.46. The lowest BCUT2D eigenvalue weighted by Gasteiger charge is -2.07. The van der Waals surface area contributed by atoms with Crippen molar-refractivity contribution < 1.29 is 51.7 Å². The Morgan fingerprint density at radius 3 is 1.83 bits per heavy atom. The third-order valence-electron chi connectivity index (χ3n) is 3.10. The predicted molar refractivity (Wildman–Crippen MR) is 90.5 cm³/mol. The number of halogens is 3. The first-order valence-corrected chi connectivity index (χ1v) is 8.20. The summed E-state index contributed by atoms with van der Waals surface area (Å²) in [6.45, 7) is 4.33. The van der Waals surface area contributed by atoms with Crippen LogP contribution in [-0.2, 0) is 28.7 Å². The quantitative estimate of drug-likeness (QED) is 0.223. The number of ether oxygens (including phenoxy) is 2. The molecule has 29 heavy (non-hydrogen) atoms. The molecule has 0 amide bonds. The smallest absolute Gasteiger partial charge is 0.317 e. The molecule has 0 aliphatic rings. The lowest BCUT2D eigenvalue weighted by atomic mass is 9.99. The van der Waals surface area contributed by atoms with Gasteiger partial charge in [0.15, 0.2) is 11.6 Å². The minimum absolute atomic E-state index is 0.0128. The van der Waals surface area contributed by atoms with Crippen molar-refractivity contribution in [3.63, 3.8) is 0 Å². The van der Waals surface area contributed by atoms with E-state index in [1.807, 2.05) is 0 Å². The van der Waals surface area contributed by atoms with Crippen molar-refractivity contribution in [2.24, 2.45) is 0 Å². The fourth-order valence-electron chi connectivity index (χ4n) is 1.89. The molecule has 1 rings (SSSR count). The SMILES string of the molecule is CCOC(=O)CC(=O)C(=O)c1c(F)cc(F)c(F)c1C.CCOC(=O)CC(=O)O. The van der Waals surface area contributed by atoms with E-state index < -0.39 is 70.9 Å². The van der Waals surface area contributed by atoms with Crippen LogP contribution in [0.5, 0.6) is 0 Å². The molecule has 0 heterocycles. The van der Waals surface area contributed by atoms with Crippen LogP contribution in [0, 0.1) is 24.4 Å². The van der Waals surface area contributed by atoms with E-state index in [4.69, 9.17) is 5.11 Å². The van der Waals surface area contributed by atoms with Gasteiger partial charge in [-0.15, -0.1) is 0 Å². The molecule has 0 aliphatic carbocycles. The molecule has 0 radical (unpaired) electrons. The minimum Gasteiger partial charge on any atom is -0.481 e. The van der Waals surface area contributed by atoms with Gasteiger partial charge in [-0.1, -0.05) is 0 Å². The number of esters is 2. The Morgan fingerprint density at radius 2 is 1.38 bits per heavy atom. The van der Waals surface area contributed by atoms with Crippen LogP contribution in [0.1, 0.15) is 42.6 Å². The number of carboxylic acids is 1. The van der Waals surface area contributed by atoms with Crippen molar-refractivity contribution in [2.45, 2.75) is 33.6 Å². The molecule has 0 saturated carbocycles. The molecule has 1 aromatic rings. The highest BCUT2D eigenvalue weighted by atomic mass is 19.2. The molecule has 0 bridgehead atoms. The van der Waals surface area contributed by atoms with E-state index in [9.17, 15) is 37.1 Å². The number of carbonyl (C=O) groups is 5. The van der Waals surface area contributed by atoms with Crippen LogP contribution in [0.2, 0.25) is 0 Å². The second kappa shape index (κ2) is 12.3. The van der Waals surface area contributed by atoms with Gasteiger partial charge in [-0.3, -0.25) is 24.0 Å². The van der Waals surface area contributed by atoms with E-state index >= 15 is 0 Å². The number of carbonyl (C=O) groups excluding carboxylic acids is 4. The Labute approximate surface area is 163 Å². The van der Waals surface area contributed by atoms with Gasteiger partial charge in [-0.2, -0.15) is 0 Å². The summed E-state index contributed by atoms with van der Waals surface area (Å²) in [7, 11) is 0. The van der Waals surface area contributed by atoms with Gasteiger partial charge < -0.3 is 14.6 Å². The predicted octanol–water partition coefficient (Wildman–Crippen LogP) is 2.14. The normalized spacial score (nSPS) is 9.72. The van der Waals surface area contributed by atoms with Crippen LogP contribution in [0.3, 0.4) is 0 Å². The molecule has 0 fully saturated rings. The lowest BCUT2D eigenvalue weighted by Crippen LogP contribution is -2.22. The number of hydrogen-bond acceptors (Lipinski definition) is 7. The van der Waals surface area contributed by atoms with Crippen molar-refractivity contribution in [1.29, 1.82) is 0 Å². The third kappa shape index (κ3) is 8.54. The van der Waals surface area contributed by atoms with E-state index in [0.717, 1.165) is 6.92 Å². The first-order valence-electron chi connectivity index (χ1n) is 8.20. The van der Waals surface area contributed by atoms with Crippen LogP contribution in [0.25, 0.3) is 0 Å². The number of ketones is 2. The van der Waals surface area contributed by atoms with Crippen LogP contribution >= 0.6 is 0 Å². The van der Waals surface area contributed by atoms with Crippen LogP contribution in [0.4, 0.5) is 13.2 Å². The molecule has 0 spiro atoms. The molecule has 0 atom stereocenters. The zero-order chi connectivity index (χ0) is 22.7. The van der Waals surface area contributed by atoms with Gasteiger partial charge in [0.05, 0.1) is 18.8 Å². The maximum absolute atomic E-state index is 13.5. The van der Waals surface area contributed by atoms with Crippen molar-refractivity contribution in [1.82, 2.24) is 0 Å². The van der Waals surface area contributed by atoms with Gasteiger partial charge in [0, 0.05) is 11.6 Å². The van der Waals surface area contributed by atoms with Gasteiger partial charge >= 0.3 is 17.9 Å². The summed E-state index contributed by atoms with van der Waals surface area (Å²) in [6, 6.07) is 0.174. The van der Waals surface area contributed by atoms with E-state index in [0.29, 0.717) is 0 Å². The molecule has 1 aromatic carbocycles. The Morgan fingerprint density at radius 1 is 0.897 bits per heavy atom. The first-order chi connectivity index (χ1) is 13.5. The van der Waals surface area contributed by atoms with Gasteiger partial charge in [-0.25, -0.2) is 13.2 Å². The summed E-state index contributed by atoms with van der Waals surface area (Å²) in [6.07, 6.45) is -1.43. The third-order valence-corrected chi connectivity index (χ3v) is 3.10. The average Bonchev–Trinajstić information content (AvgIpc) is 2.60. The second-order valence-electron chi connectivity index (χ2n) is 5.26. The van der Waals surface area contributed by atoms with Gasteiger partial charge in [0.25, 0.3) is 0 Å². The molecule has 0 aliphatic heterocycles. The van der Waals surface area contributed by atoms with Gasteiger partial charge in [-0.05, 0) is 20.8 Å². The van der Waals surface area contributed by atoms with Crippen molar-refractivity contribution in [2.75, 3.05) is 13.2 Å². The summed E-state index contributed by atoms with van der Waals surface area (Å²) in [5.41, 5.74) is -1.50. The zero-order valence-electron chi connectivity index (χ0n) is 15.8. The van der Waals surface area contributed by atoms with E-state index in [1.54, 1.807) is 6.92 Å². The molecular weight excluding hydrogens is 401 g/mol. The Kier molecular flexibility index (Phi) is 10.9. The van der Waals surface area contributed by atoms with Gasteiger partial charge in [0.1, 0.15) is 18.7 Å². The molecular formula is C18H19F3O8. The monoisotopic (exact) mass is 420 g/mol. The molecule has 8 nitrogen and oxygen atoms in total. The van der Waals surface area contributed by atoms with E-state index in [2.05, 4.69) is 9.47 Å². The highest BCUT2D eigenvalue weighted by Gasteiger charge is 2.27. The number of carboxylic acid groups (broad SMARTS) is 1. The first kappa shape index (κ1) is 25.8. The summed E-state index contributed by atoms with van der Waals surface area (Å²) >= 11 is 0. The highest BCUT2D eigenvalue weighted by Crippen LogP contribution is 2.21. The van der Waals surface area contributed by atoms with Crippen molar-refractivity contribution in [3.05, 3.63) is 34.6 Å². The highest BCUT2D eigenvalue weighted by molar-refractivity contribution is 6.46. The Bertz CT molecular complexity index is 805. The average molecular weight is 420 g/mol. The molecule has 0 saturated heterocycles. The lowest BCUT2D eigenvalue weighted by molar-refractivity contribution is -0.151. The standard InChI is InChI=1S/C13H11F3O4.C5H8O4/c1-3-20-10(18)5-9(17)13(19)11-6(2)12(16)8(15)4-7(11)14;1-2-9-5(8)3-4(6)7/h4H,3,5H2,1-2H3;2-3H2,1H3,(H,6,7). The molecule has 1 N–H and O–H groups in total. The largest absolute Gasteiger partial charge is 0.481 e.